The van der Waals surface area contributed by atoms with Crippen molar-refractivity contribution >= 4 is 0 Å². The van der Waals surface area contributed by atoms with Crippen LogP contribution in [0.15, 0.2) is 12.1 Å². The molecule has 0 aromatic heterocycles. The maximum atomic E-state index is 13.7. The van der Waals surface area contributed by atoms with Gasteiger partial charge in [0.05, 0.1) is 18.3 Å². The van der Waals surface area contributed by atoms with Gasteiger partial charge in [-0.15, -0.1) is 0 Å². The molecule has 2 unspecified atom stereocenters. The molecule has 0 spiro atoms. The fourth-order valence-corrected chi connectivity index (χ4v) is 2.32. The SMILES string of the molecule is CCC1CC(O)(c2ccc(F)c(F)c2F)CCO1. The van der Waals surface area contributed by atoms with E-state index >= 15 is 0 Å². The average molecular weight is 260 g/mol. The second kappa shape index (κ2) is 4.90. The topological polar surface area (TPSA) is 29.5 Å². The summed E-state index contributed by atoms with van der Waals surface area (Å²) in [6, 6.07) is 1.94. The number of benzene rings is 1. The maximum Gasteiger partial charge on any atom is 0.194 e. The van der Waals surface area contributed by atoms with Crippen LogP contribution in [0, 0.1) is 17.5 Å². The fourth-order valence-electron chi connectivity index (χ4n) is 2.32. The predicted molar refractivity (Wildman–Crippen MR) is 59.5 cm³/mol. The van der Waals surface area contributed by atoms with Gasteiger partial charge in [-0.05, 0) is 12.5 Å². The van der Waals surface area contributed by atoms with Gasteiger partial charge in [-0.3, -0.25) is 0 Å². The van der Waals surface area contributed by atoms with E-state index in [1.807, 2.05) is 6.92 Å². The first-order valence-corrected chi connectivity index (χ1v) is 5.96. The van der Waals surface area contributed by atoms with E-state index in [4.69, 9.17) is 4.74 Å². The smallest absolute Gasteiger partial charge is 0.194 e. The molecule has 1 saturated heterocycles. The average Bonchev–Trinajstić information content (AvgIpc) is 2.35. The Bertz CT molecular complexity index is 450. The Morgan fingerprint density at radius 3 is 2.72 bits per heavy atom. The third kappa shape index (κ3) is 2.24. The minimum atomic E-state index is -1.54. The van der Waals surface area contributed by atoms with Crippen LogP contribution < -0.4 is 0 Å². The molecule has 5 heteroatoms. The van der Waals surface area contributed by atoms with Gasteiger partial charge in [0.1, 0.15) is 0 Å². The summed E-state index contributed by atoms with van der Waals surface area (Å²) >= 11 is 0. The van der Waals surface area contributed by atoms with Gasteiger partial charge in [0.15, 0.2) is 17.5 Å². The van der Waals surface area contributed by atoms with Crippen LogP contribution in [-0.2, 0) is 10.3 Å². The van der Waals surface area contributed by atoms with E-state index in [1.165, 1.54) is 0 Å². The summed E-state index contributed by atoms with van der Waals surface area (Å²) in [5, 5.41) is 10.4. The van der Waals surface area contributed by atoms with Crippen molar-refractivity contribution in [2.45, 2.75) is 37.9 Å². The molecule has 0 saturated carbocycles. The lowest BCUT2D eigenvalue weighted by Gasteiger charge is -2.37. The number of ether oxygens (including phenoxy) is 1. The molecule has 0 radical (unpaired) electrons. The van der Waals surface area contributed by atoms with E-state index in [0.29, 0.717) is 6.42 Å². The number of hydrogen-bond acceptors (Lipinski definition) is 2. The number of rotatable bonds is 2. The van der Waals surface area contributed by atoms with Crippen LogP contribution >= 0.6 is 0 Å². The lowest BCUT2D eigenvalue weighted by Crippen LogP contribution is -2.39. The molecule has 18 heavy (non-hydrogen) atoms. The molecular weight excluding hydrogens is 245 g/mol. The number of hydrogen-bond donors (Lipinski definition) is 1. The van der Waals surface area contributed by atoms with E-state index < -0.39 is 23.1 Å². The van der Waals surface area contributed by atoms with Crippen molar-refractivity contribution in [3.8, 4) is 0 Å². The van der Waals surface area contributed by atoms with E-state index in [-0.39, 0.29) is 31.1 Å². The second-order valence-electron chi connectivity index (χ2n) is 4.61. The van der Waals surface area contributed by atoms with Crippen molar-refractivity contribution in [2.75, 3.05) is 6.61 Å². The van der Waals surface area contributed by atoms with E-state index in [9.17, 15) is 18.3 Å². The Balaban J connectivity index is 2.38. The van der Waals surface area contributed by atoms with Gasteiger partial charge in [0.25, 0.3) is 0 Å². The Kier molecular flexibility index (Phi) is 3.64. The molecule has 1 aromatic rings. The Morgan fingerprint density at radius 2 is 2.06 bits per heavy atom. The molecule has 1 fully saturated rings. The molecule has 100 valence electrons. The van der Waals surface area contributed by atoms with Crippen molar-refractivity contribution < 1.29 is 23.0 Å². The monoisotopic (exact) mass is 260 g/mol. The van der Waals surface area contributed by atoms with Crippen LogP contribution in [0.5, 0.6) is 0 Å². The summed E-state index contributed by atoms with van der Waals surface area (Å²) in [6.45, 7) is 2.16. The van der Waals surface area contributed by atoms with Gasteiger partial charge in [-0.2, -0.15) is 0 Å². The molecule has 1 aliphatic rings. The molecular formula is C13H15F3O2. The fraction of sp³-hybridized carbons (Fsp3) is 0.538. The lowest BCUT2D eigenvalue weighted by molar-refractivity contribution is -0.110. The first kappa shape index (κ1) is 13.4. The largest absolute Gasteiger partial charge is 0.385 e. The van der Waals surface area contributed by atoms with Gasteiger partial charge in [0.2, 0.25) is 0 Å². The third-order valence-electron chi connectivity index (χ3n) is 3.43. The van der Waals surface area contributed by atoms with Crippen LogP contribution in [0.4, 0.5) is 13.2 Å². The molecule has 2 atom stereocenters. The lowest BCUT2D eigenvalue weighted by atomic mass is 9.82. The zero-order valence-corrected chi connectivity index (χ0v) is 10.0. The zero-order valence-electron chi connectivity index (χ0n) is 10.0. The van der Waals surface area contributed by atoms with Gasteiger partial charge >= 0.3 is 0 Å². The minimum Gasteiger partial charge on any atom is -0.385 e. The molecule has 0 amide bonds. The summed E-state index contributed by atoms with van der Waals surface area (Å²) in [5.41, 5.74) is -1.68. The van der Waals surface area contributed by atoms with E-state index in [2.05, 4.69) is 0 Å². The third-order valence-corrected chi connectivity index (χ3v) is 3.43. The molecule has 2 nitrogen and oxygen atoms in total. The normalized spacial score (nSPS) is 28.4. The van der Waals surface area contributed by atoms with Crippen LogP contribution in [-0.4, -0.2) is 17.8 Å². The van der Waals surface area contributed by atoms with Crippen LogP contribution in [0.25, 0.3) is 0 Å². The number of halogens is 3. The first-order chi connectivity index (χ1) is 8.48. The highest BCUT2D eigenvalue weighted by atomic mass is 19.2. The quantitative estimate of drug-likeness (QED) is 0.828. The van der Waals surface area contributed by atoms with Gasteiger partial charge in [0, 0.05) is 18.4 Å². The van der Waals surface area contributed by atoms with Gasteiger partial charge in [-0.1, -0.05) is 13.0 Å². The van der Waals surface area contributed by atoms with E-state index in [1.54, 1.807) is 0 Å². The van der Waals surface area contributed by atoms with Crippen LogP contribution in [0.3, 0.4) is 0 Å². The second-order valence-corrected chi connectivity index (χ2v) is 4.61. The van der Waals surface area contributed by atoms with Crippen molar-refractivity contribution in [3.63, 3.8) is 0 Å². The Morgan fingerprint density at radius 1 is 1.33 bits per heavy atom. The Hall–Kier alpha value is -1.07. The molecule has 0 bridgehead atoms. The highest BCUT2D eigenvalue weighted by Crippen LogP contribution is 2.37. The van der Waals surface area contributed by atoms with Crippen LogP contribution in [0.2, 0.25) is 0 Å². The summed E-state index contributed by atoms with van der Waals surface area (Å²) < 4.78 is 45.2. The standard InChI is InChI=1S/C13H15F3O2/c1-2-8-7-13(17,5-6-18-8)9-3-4-10(14)12(16)11(9)15/h3-4,8,17H,2,5-7H2,1H3. The van der Waals surface area contributed by atoms with Crippen molar-refractivity contribution in [3.05, 3.63) is 35.1 Å². The summed E-state index contributed by atoms with van der Waals surface area (Å²) in [5.74, 6) is -4.10. The molecule has 1 N–H and O–H groups in total. The number of aliphatic hydroxyl groups is 1. The summed E-state index contributed by atoms with van der Waals surface area (Å²) in [7, 11) is 0. The van der Waals surface area contributed by atoms with Crippen molar-refractivity contribution in [1.82, 2.24) is 0 Å². The molecule has 2 rings (SSSR count). The summed E-state index contributed by atoms with van der Waals surface area (Å²) in [6.07, 6.45) is 0.834. The van der Waals surface area contributed by atoms with Crippen LogP contribution in [0.1, 0.15) is 31.7 Å². The predicted octanol–water partition coefficient (Wildman–Crippen LogP) is 2.88. The molecule has 1 aromatic carbocycles. The van der Waals surface area contributed by atoms with Crippen molar-refractivity contribution in [1.29, 1.82) is 0 Å². The first-order valence-electron chi connectivity index (χ1n) is 5.96. The molecule has 1 aliphatic heterocycles. The molecule has 1 heterocycles. The highest BCUT2D eigenvalue weighted by Gasteiger charge is 2.39. The Labute approximate surface area is 103 Å². The van der Waals surface area contributed by atoms with Gasteiger partial charge < -0.3 is 9.84 Å². The van der Waals surface area contributed by atoms with Gasteiger partial charge in [-0.25, -0.2) is 13.2 Å². The summed E-state index contributed by atoms with van der Waals surface area (Å²) in [4.78, 5) is 0. The van der Waals surface area contributed by atoms with E-state index in [0.717, 1.165) is 12.1 Å². The molecule has 0 aliphatic carbocycles. The van der Waals surface area contributed by atoms with Crippen molar-refractivity contribution in [2.24, 2.45) is 0 Å². The zero-order chi connectivity index (χ0) is 13.3. The maximum absolute atomic E-state index is 13.7. The highest BCUT2D eigenvalue weighted by molar-refractivity contribution is 5.27. The minimum absolute atomic E-state index is 0.172.